The van der Waals surface area contributed by atoms with Gasteiger partial charge in [0.05, 0.1) is 17.7 Å². The quantitative estimate of drug-likeness (QED) is 0.548. The van der Waals surface area contributed by atoms with Crippen LogP contribution < -0.4 is 0 Å². The molecule has 0 saturated heterocycles. The third-order valence-corrected chi connectivity index (χ3v) is 3.91. The van der Waals surface area contributed by atoms with E-state index < -0.39 is 23.7 Å². The van der Waals surface area contributed by atoms with E-state index in [0.29, 0.717) is 5.56 Å². The molecule has 0 aliphatic rings. The molecule has 6 nitrogen and oxygen atoms in total. The summed E-state index contributed by atoms with van der Waals surface area (Å²) in [5.74, 6) is -0.502. The van der Waals surface area contributed by atoms with Crippen LogP contribution in [0.25, 0.3) is 0 Å². The van der Waals surface area contributed by atoms with Crippen LogP contribution in [-0.4, -0.2) is 51.6 Å². The van der Waals surface area contributed by atoms with Crippen molar-refractivity contribution in [2.45, 2.75) is 52.4 Å². The molecular formula is C20H30N2O4S. The lowest BCUT2D eigenvalue weighted by Gasteiger charge is -2.34. The Balaban J connectivity index is 2.94. The fourth-order valence-corrected chi connectivity index (χ4v) is 2.55. The van der Waals surface area contributed by atoms with Crippen LogP contribution in [0, 0.1) is 0 Å². The molecule has 2 amide bonds. The summed E-state index contributed by atoms with van der Waals surface area (Å²) < 4.78 is 5.32. The predicted octanol–water partition coefficient (Wildman–Crippen LogP) is 3.60. The van der Waals surface area contributed by atoms with Crippen LogP contribution in [0.5, 0.6) is 0 Å². The summed E-state index contributed by atoms with van der Waals surface area (Å²) in [4.78, 5) is 27.8. The van der Waals surface area contributed by atoms with Crippen molar-refractivity contribution >= 4 is 24.6 Å². The largest absolute Gasteiger partial charge is 0.459 e. The van der Waals surface area contributed by atoms with E-state index >= 15 is 0 Å². The second-order valence-electron chi connectivity index (χ2n) is 7.54. The number of thiol groups is 1. The number of aliphatic hydroxyl groups excluding tert-OH is 1. The first-order valence-corrected chi connectivity index (χ1v) is 9.28. The number of nitrogens with zero attached hydrogens (tertiary/aromatic N) is 2. The summed E-state index contributed by atoms with van der Waals surface area (Å²) in [7, 11) is 0. The van der Waals surface area contributed by atoms with Crippen molar-refractivity contribution in [3.63, 3.8) is 0 Å². The lowest BCUT2D eigenvalue weighted by molar-refractivity contribution is -0.155. The SMILES string of the molecule is C=C(S)N(CC(O)c1ccccc1)C(=O)N(CC(=O)OC(C)(C)C)C(C)C. The van der Waals surface area contributed by atoms with Crippen LogP contribution in [0.3, 0.4) is 0 Å². The highest BCUT2D eigenvalue weighted by atomic mass is 32.1. The van der Waals surface area contributed by atoms with E-state index in [1.165, 1.54) is 9.80 Å². The molecule has 1 rings (SSSR count). The molecule has 0 spiro atoms. The summed E-state index contributed by atoms with van der Waals surface area (Å²) in [6, 6.07) is 8.29. The predicted molar refractivity (Wildman–Crippen MR) is 109 cm³/mol. The fourth-order valence-electron chi connectivity index (χ4n) is 2.39. The number of hydrogen-bond donors (Lipinski definition) is 2. The highest BCUT2D eigenvalue weighted by Crippen LogP contribution is 2.20. The average Bonchev–Trinajstić information content (AvgIpc) is 2.55. The Labute approximate surface area is 167 Å². The standard InChI is InChI=1S/C20H30N2O4S/c1-14(2)21(13-18(24)26-20(4,5)6)19(25)22(15(3)27)12-17(23)16-10-8-7-9-11-16/h7-11,14,17,23,27H,3,12-13H2,1-2,4-6H3. The summed E-state index contributed by atoms with van der Waals surface area (Å²) in [5, 5.41) is 10.6. The summed E-state index contributed by atoms with van der Waals surface area (Å²) in [5.41, 5.74) is 0.0344. The molecule has 1 atom stereocenters. The van der Waals surface area contributed by atoms with Crippen molar-refractivity contribution < 1.29 is 19.4 Å². The number of benzene rings is 1. The Hall–Kier alpha value is -1.99. The first-order chi connectivity index (χ1) is 12.4. The molecule has 1 aromatic carbocycles. The second kappa shape index (κ2) is 9.80. The van der Waals surface area contributed by atoms with E-state index in [4.69, 9.17) is 4.74 Å². The molecule has 1 unspecified atom stereocenters. The van der Waals surface area contributed by atoms with Crippen LogP contribution in [0.15, 0.2) is 41.9 Å². The molecule has 27 heavy (non-hydrogen) atoms. The Morgan fingerprint density at radius 3 is 2.22 bits per heavy atom. The minimum atomic E-state index is -0.908. The first-order valence-electron chi connectivity index (χ1n) is 8.83. The Morgan fingerprint density at radius 1 is 1.22 bits per heavy atom. The van der Waals surface area contributed by atoms with E-state index in [-0.39, 0.29) is 24.2 Å². The number of carbonyl (C=O) groups excluding carboxylic acids is 2. The molecule has 0 saturated carbocycles. The van der Waals surface area contributed by atoms with Crippen LogP contribution in [-0.2, 0) is 9.53 Å². The molecular weight excluding hydrogens is 364 g/mol. The number of carbonyl (C=O) groups is 2. The van der Waals surface area contributed by atoms with Gasteiger partial charge >= 0.3 is 12.0 Å². The topological polar surface area (TPSA) is 70.1 Å². The molecule has 1 aromatic rings. The number of aliphatic hydroxyl groups is 1. The van der Waals surface area contributed by atoms with E-state index in [2.05, 4.69) is 19.2 Å². The van der Waals surface area contributed by atoms with Gasteiger partial charge in [0.15, 0.2) is 0 Å². The van der Waals surface area contributed by atoms with Crippen LogP contribution >= 0.6 is 12.6 Å². The molecule has 0 aliphatic carbocycles. The van der Waals surface area contributed by atoms with Crippen LogP contribution in [0.1, 0.15) is 46.3 Å². The molecule has 0 bridgehead atoms. The van der Waals surface area contributed by atoms with E-state index in [0.717, 1.165) is 0 Å². The number of rotatable bonds is 7. The van der Waals surface area contributed by atoms with Gasteiger partial charge in [-0.2, -0.15) is 0 Å². The van der Waals surface area contributed by atoms with Gasteiger partial charge in [-0.05, 0) is 40.2 Å². The van der Waals surface area contributed by atoms with Gasteiger partial charge < -0.3 is 14.7 Å². The Kier molecular flexibility index (Phi) is 8.37. The van der Waals surface area contributed by atoms with Gasteiger partial charge in [-0.1, -0.05) is 36.9 Å². The minimum Gasteiger partial charge on any atom is -0.459 e. The van der Waals surface area contributed by atoms with Gasteiger partial charge in [0.1, 0.15) is 12.1 Å². The van der Waals surface area contributed by atoms with Gasteiger partial charge in [-0.25, -0.2) is 4.79 Å². The zero-order valence-corrected chi connectivity index (χ0v) is 17.6. The Morgan fingerprint density at radius 2 is 1.78 bits per heavy atom. The van der Waals surface area contributed by atoms with Crippen molar-refractivity contribution in [2.75, 3.05) is 13.1 Å². The molecule has 0 heterocycles. The molecule has 0 radical (unpaired) electrons. The van der Waals surface area contributed by atoms with Gasteiger partial charge in [-0.3, -0.25) is 9.69 Å². The van der Waals surface area contributed by atoms with Gasteiger partial charge in [0, 0.05) is 6.04 Å². The van der Waals surface area contributed by atoms with Crippen LogP contribution in [0.4, 0.5) is 4.79 Å². The number of esters is 1. The zero-order chi connectivity index (χ0) is 20.8. The van der Waals surface area contributed by atoms with E-state index in [1.54, 1.807) is 46.8 Å². The van der Waals surface area contributed by atoms with Crippen molar-refractivity contribution in [3.05, 3.63) is 47.5 Å². The van der Waals surface area contributed by atoms with Crippen molar-refractivity contribution in [2.24, 2.45) is 0 Å². The number of ether oxygens (including phenoxy) is 1. The first kappa shape index (κ1) is 23.0. The Bertz CT molecular complexity index is 656. The maximum Gasteiger partial charge on any atom is 0.326 e. The maximum absolute atomic E-state index is 13.0. The lowest BCUT2D eigenvalue weighted by Crippen LogP contribution is -2.49. The van der Waals surface area contributed by atoms with Gasteiger partial charge in [0.2, 0.25) is 0 Å². The fraction of sp³-hybridized carbons (Fsp3) is 0.500. The molecule has 0 aliphatic heterocycles. The minimum absolute atomic E-state index is 0.0251. The smallest absolute Gasteiger partial charge is 0.326 e. The van der Waals surface area contributed by atoms with Gasteiger partial charge in [-0.15, -0.1) is 12.6 Å². The highest BCUT2D eigenvalue weighted by Gasteiger charge is 2.29. The van der Waals surface area contributed by atoms with Crippen LogP contribution in [0.2, 0.25) is 0 Å². The van der Waals surface area contributed by atoms with Crippen molar-refractivity contribution in [1.29, 1.82) is 0 Å². The molecule has 1 N–H and O–H groups in total. The normalized spacial score (nSPS) is 12.4. The third kappa shape index (κ3) is 7.64. The average molecular weight is 395 g/mol. The third-order valence-electron chi connectivity index (χ3n) is 3.67. The molecule has 7 heteroatoms. The van der Waals surface area contributed by atoms with Gasteiger partial charge in [0.25, 0.3) is 0 Å². The number of urea groups is 1. The monoisotopic (exact) mass is 394 g/mol. The maximum atomic E-state index is 13.0. The molecule has 0 aromatic heterocycles. The highest BCUT2D eigenvalue weighted by molar-refractivity contribution is 7.84. The van der Waals surface area contributed by atoms with E-state index in [9.17, 15) is 14.7 Å². The molecule has 150 valence electrons. The van der Waals surface area contributed by atoms with Crippen molar-refractivity contribution in [1.82, 2.24) is 9.80 Å². The molecule has 0 fully saturated rings. The lowest BCUT2D eigenvalue weighted by atomic mass is 10.1. The van der Waals surface area contributed by atoms with Crippen molar-refractivity contribution in [3.8, 4) is 0 Å². The second-order valence-corrected chi connectivity index (χ2v) is 8.06. The number of amides is 2. The summed E-state index contributed by atoms with van der Waals surface area (Å²) in [6.45, 7) is 12.4. The van der Waals surface area contributed by atoms with E-state index in [1.807, 2.05) is 18.2 Å². The number of hydrogen-bond acceptors (Lipinski definition) is 5. The zero-order valence-electron chi connectivity index (χ0n) is 16.7. The summed E-state index contributed by atoms with van der Waals surface area (Å²) >= 11 is 4.20. The summed E-state index contributed by atoms with van der Waals surface area (Å²) in [6.07, 6.45) is -0.908.